The minimum absolute atomic E-state index is 0.734. The third-order valence-corrected chi connectivity index (χ3v) is 4.65. The minimum atomic E-state index is -5.85. The normalized spacial score (nSPS) is 21.0. The lowest BCUT2D eigenvalue weighted by Crippen LogP contribution is -2.17. The highest BCUT2D eigenvalue weighted by molar-refractivity contribution is 7.92. The van der Waals surface area contributed by atoms with Crippen molar-refractivity contribution < 1.29 is 51.5 Å². The van der Waals surface area contributed by atoms with E-state index in [0.29, 0.717) is 0 Å². The van der Waals surface area contributed by atoms with E-state index in [1.165, 1.54) is 0 Å². The zero-order valence-electron chi connectivity index (χ0n) is 37.2. The van der Waals surface area contributed by atoms with Crippen LogP contribution >= 0.6 is 0 Å². The van der Waals surface area contributed by atoms with E-state index >= 15 is 0 Å². The maximum Gasteiger partial charge on any atom is 0.280 e. The highest BCUT2D eigenvalue weighted by atomic mass is 32.2. The Balaban J connectivity index is 2.21. The van der Waals surface area contributed by atoms with Gasteiger partial charge < -0.3 is 14.2 Å². The van der Waals surface area contributed by atoms with Crippen molar-refractivity contribution in [3.8, 4) is 34.5 Å². The van der Waals surface area contributed by atoms with Gasteiger partial charge in [0.1, 0.15) is 0 Å². The molecule has 1 aromatic carbocycles. The molecule has 0 atom stereocenters. The van der Waals surface area contributed by atoms with Crippen molar-refractivity contribution in [1.82, 2.24) is 19.9 Å². The van der Waals surface area contributed by atoms with E-state index in [1.807, 2.05) is 0 Å². The van der Waals surface area contributed by atoms with Crippen LogP contribution in [0.4, 0.5) is 5.82 Å². The topological polar surface area (TPSA) is 125 Å². The van der Waals surface area contributed by atoms with Gasteiger partial charge in [-0.2, -0.15) is 13.4 Å². The lowest BCUT2D eigenvalue weighted by atomic mass is 10.2. The van der Waals surface area contributed by atoms with Crippen LogP contribution in [0.25, 0.3) is 11.4 Å². The molecule has 0 unspecified atom stereocenters. The van der Waals surface area contributed by atoms with Crippen molar-refractivity contribution >= 4 is 15.8 Å². The van der Waals surface area contributed by atoms with E-state index in [-0.39, 0.29) is 0 Å². The average molecular weight is 501 g/mol. The van der Waals surface area contributed by atoms with E-state index in [1.54, 1.807) is 0 Å². The fourth-order valence-corrected chi connectivity index (χ4v) is 2.96. The summed E-state index contributed by atoms with van der Waals surface area (Å²) < 4.78 is 208. The molecule has 10 nitrogen and oxygen atoms in total. The van der Waals surface area contributed by atoms with E-state index in [4.69, 9.17) is 43.0 Å². The molecule has 1 N–H and O–H groups in total. The van der Waals surface area contributed by atoms with Crippen LogP contribution in [0.2, 0.25) is 1.41 Å². The number of anilines is 1. The predicted molar refractivity (Wildman–Crippen MR) is 125 cm³/mol. The van der Waals surface area contributed by atoms with Crippen molar-refractivity contribution in [3.63, 3.8) is 0 Å². The van der Waals surface area contributed by atoms with Crippen molar-refractivity contribution in [3.05, 3.63) is 72.4 Å². The number of nitrogens with one attached hydrogen (secondary N) is 1. The Morgan fingerprint density at radius 3 is 2.56 bits per heavy atom. The van der Waals surface area contributed by atoms with Crippen LogP contribution in [0.3, 0.4) is 0 Å². The molecule has 3 heterocycles. The SMILES string of the molecule is [2H]c1nc([2H])c([2H])c(-c2nc(OC([2H])([2H])[2H])c(Oc3c([2H])c([2H])c([2H])c([2H])c3OC([2H])([2H])[2H])c(N([2H])S(=O)(=O)c3nc([2H])c(C([2H])([2H])[2H])c([2H])c3[2H])n2)c1[2H]. The van der Waals surface area contributed by atoms with E-state index < -0.39 is 153 Å². The highest BCUT2D eigenvalue weighted by Crippen LogP contribution is 2.41. The quantitative estimate of drug-likeness (QED) is 0.384. The maximum absolute atomic E-state index is 14.0. The molecule has 34 heavy (non-hydrogen) atoms. The second kappa shape index (κ2) is 9.71. The molecule has 4 aromatic rings. The summed E-state index contributed by atoms with van der Waals surface area (Å²) in [6, 6.07) is -9.52. The summed E-state index contributed by atoms with van der Waals surface area (Å²) in [4.78, 5) is 14.1. The van der Waals surface area contributed by atoms with E-state index in [9.17, 15) is 8.42 Å². The molecule has 0 bridgehead atoms. The van der Waals surface area contributed by atoms with Crippen molar-refractivity contribution in [2.75, 3.05) is 18.8 Å². The first-order chi connectivity index (χ1) is 24.9. The van der Waals surface area contributed by atoms with Gasteiger partial charge in [-0.3, -0.25) is 9.70 Å². The Morgan fingerprint density at radius 1 is 1.00 bits per heavy atom. The van der Waals surface area contributed by atoms with Gasteiger partial charge in [0.25, 0.3) is 15.9 Å². The van der Waals surface area contributed by atoms with E-state index in [0.717, 1.165) is 0 Å². The number of ether oxygens (including phenoxy) is 3. The first kappa shape index (κ1) is 8.51. The molecular weight excluding hydrogens is 458 g/mol. The standard InChI is InChI=1S/C23H21N5O5S/c1-15-8-9-19(25-14-15)34(29,30)28-22-20(33-18-7-5-4-6-17(18)31-2)23(32-3)27-21(26-22)16-10-12-24-13-11-16/h4-14H,1-3H3,(H,26,27,28)/i1D3,2D3,3D3,4D,5D,6D,7D,8D,9D,10D,11D,12D,13D,14D/hD. The number of pyridine rings is 2. The molecule has 0 saturated carbocycles. The number of nitrogens with zero attached hydrogens (tertiary/aromatic N) is 4. The first-order valence-corrected chi connectivity index (χ1v) is 9.90. The number of benzene rings is 1. The lowest BCUT2D eigenvalue weighted by molar-refractivity contribution is 0.348. The molecule has 174 valence electrons. The van der Waals surface area contributed by atoms with Gasteiger partial charge in [-0.25, -0.2) is 9.97 Å². The highest BCUT2D eigenvalue weighted by Gasteiger charge is 2.25. The van der Waals surface area contributed by atoms with Crippen LogP contribution in [0.15, 0.2) is 71.9 Å². The van der Waals surface area contributed by atoms with Gasteiger partial charge in [-0.15, -0.1) is 0 Å². The van der Waals surface area contributed by atoms with Gasteiger partial charge in [0, 0.05) is 28.2 Å². The number of hydrogen-bond donors (Lipinski definition) is 1. The molecule has 0 aliphatic rings. The fourth-order valence-electron chi connectivity index (χ4n) is 2.18. The van der Waals surface area contributed by atoms with Crippen molar-refractivity contribution in [2.45, 2.75) is 11.9 Å². The first-order valence-electron chi connectivity index (χ1n) is 18.9. The molecule has 0 fully saturated rings. The van der Waals surface area contributed by atoms with Crippen LogP contribution in [0.1, 0.15) is 33.0 Å². The number of rotatable bonds is 8. The van der Waals surface area contributed by atoms with Gasteiger partial charge in [0.2, 0.25) is 5.75 Å². The average Bonchev–Trinajstić information content (AvgIpc) is 3.03. The molecule has 0 aliphatic carbocycles. The van der Waals surface area contributed by atoms with Crippen molar-refractivity contribution in [2.24, 2.45) is 0 Å². The summed E-state index contributed by atoms with van der Waals surface area (Å²) in [6.45, 7) is -3.26. The van der Waals surface area contributed by atoms with Crippen molar-refractivity contribution in [1.29, 1.82) is 0 Å². The molecule has 3 aromatic heterocycles. The summed E-state index contributed by atoms with van der Waals surface area (Å²) in [5.74, 6) is -8.33. The Hall–Kier alpha value is -4.25. The van der Waals surface area contributed by atoms with Gasteiger partial charge in [-0.1, -0.05) is 18.1 Å². The molecular formula is C23H21N5O5S. The minimum Gasteiger partial charge on any atom is -0.493 e. The smallest absolute Gasteiger partial charge is 0.280 e. The van der Waals surface area contributed by atoms with Gasteiger partial charge in [0.05, 0.1) is 37.4 Å². The molecule has 0 aliphatic heterocycles. The number of hydrogen-bond acceptors (Lipinski definition) is 9. The summed E-state index contributed by atoms with van der Waals surface area (Å²) in [6.07, 6.45) is -3.32. The predicted octanol–water partition coefficient (Wildman–Crippen LogP) is 3.85. The van der Waals surface area contributed by atoms with Gasteiger partial charge in [0.15, 0.2) is 29.6 Å². The number of para-hydroxylation sites is 2. The molecule has 11 heteroatoms. The molecule has 0 saturated heterocycles. The summed E-state index contributed by atoms with van der Waals surface area (Å²) in [5, 5.41) is -1.64. The van der Waals surface area contributed by atoms with Gasteiger partial charge in [-0.05, 0) is 42.6 Å². The largest absolute Gasteiger partial charge is 0.493 e. The van der Waals surface area contributed by atoms with Gasteiger partial charge >= 0.3 is 0 Å². The molecule has 4 rings (SSSR count). The lowest BCUT2D eigenvalue weighted by Gasteiger charge is -2.17. The van der Waals surface area contributed by atoms with Crippen LogP contribution in [0.5, 0.6) is 23.1 Å². The number of aromatic nitrogens is 4. The molecule has 0 radical (unpaired) electrons. The summed E-state index contributed by atoms with van der Waals surface area (Å²) in [5.41, 5.74) is -2.08. The third kappa shape index (κ3) is 4.89. The Bertz CT molecular complexity index is 2310. The number of methoxy groups -OCH3 is 2. The summed E-state index contributed by atoms with van der Waals surface area (Å²) in [7, 11) is -12.9. The number of sulfonamides is 1. The monoisotopic (exact) mass is 500 g/mol. The van der Waals surface area contributed by atoms with Crippen LogP contribution < -0.4 is 18.9 Å². The zero-order valence-corrected chi connectivity index (χ0v) is 17.0. The zero-order chi connectivity index (χ0) is 42.1. The fraction of sp³-hybridized carbons (Fsp3) is 0.130. The van der Waals surface area contributed by atoms with Crippen LogP contribution in [-0.2, 0) is 10.0 Å². The van der Waals surface area contributed by atoms with Crippen LogP contribution in [0, 0.1) is 6.85 Å². The third-order valence-electron chi connectivity index (χ3n) is 3.55. The molecule has 0 spiro atoms. The summed E-state index contributed by atoms with van der Waals surface area (Å²) >= 11 is 0. The van der Waals surface area contributed by atoms with Crippen LogP contribution in [-0.4, -0.2) is 42.4 Å². The van der Waals surface area contributed by atoms with E-state index in [2.05, 4.69) is 19.9 Å². The maximum atomic E-state index is 14.0. The molecule has 0 amide bonds. The second-order valence-electron chi connectivity index (χ2n) is 5.65. The Labute approximate surface area is 226 Å². The Kier molecular flexibility index (Phi) is 2.43. The second-order valence-corrected chi connectivity index (χ2v) is 7.17. The Morgan fingerprint density at radius 2 is 1.79 bits per heavy atom.